The smallest absolute Gasteiger partial charge is 0.234 e. The predicted octanol–water partition coefficient (Wildman–Crippen LogP) is 0.716. The van der Waals surface area contributed by atoms with Crippen LogP contribution in [0.5, 0.6) is 0 Å². The van der Waals surface area contributed by atoms with Crippen molar-refractivity contribution in [1.29, 1.82) is 0 Å². The third-order valence-corrected chi connectivity index (χ3v) is 3.73. The molecule has 0 aromatic rings. The van der Waals surface area contributed by atoms with E-state index >= 15 is 0 Å². The molecule has 0 aromatic heterocycles. The van der Waals surface area contributed by atoms with E-state index in [4.69, 9.17) is 5.73 Å². The first-order valence-electron chi connectivity index (χ1n) is 6.32. The number of nitrogens with two attached hydrogens (primary N) is 1. The van der Waals surface area contributed by atoms with Crippen LogP contribution in [0.15, 0.2) is 0 Å². The van der Waals surface area contributed by atoms with E-state index in [9.17, 15) is 4.79 Å². The van der Waals surface area contributed by atoms with Crippen molar-refractivity contribution in [2.45, 2.75) is 44.6 Å². The van der Waals surface area contributed by atoms with E-state index in [1.54, 1.807) is 0 Å². The molecule has 16 heavy (non-hydrogen) atoms. The highest BCUT2D eigenvalue weighted by molar-refractivity contribution is 5.78. The summed E-state index contributed by atoms with van der Waals surface area (Å²) in [4.78, 5) is 13.7. The monoisotopic (exact) mass is 227 g/mol. The molecule has 0 atom stereocenters. The van der Waals surface area contributed by atoms with Gasteiger partial charge in [-0.25, -0.2) is 0 Å². The first-order chi connectivity index (χ1) is 7.64. The lowest BCUT2D eigenvalue weighted by Crippen LogP contribution is -2.55. The summed E-state index contributed by atoms with van der Waals surface area (Å²) < 4.78 is 0. The SMILES string of the molecule is CCNC(=O)CN(C)C1(CN)CCCCC1. The molecule has 1 aliphatic carbocycles. The molecular formula is C12H25N3O. The molecule has 0 bridgehead atoms. The average molecular weight is 227 g/mol. The van der Waals surface area contributed by atoms with Crippen LogP contribution in [0, 0.1) is 0 Å². The number of nitrogens with one attached hydrogen (secondary N) is 1. The zero-order valence-corrected chi connectivity index (χ0v) is 10.6. The molecule has 1 amide bonds. The minimum atomic E-state index is 0.0589. The number of nitrogens with zero attached hydrogens (tertiary/aromatic N) is 1. The molecule has 3 N–H and O–H groups in total. The Balaban J connectivity index is 2.54. The minimum absolute atomic E-state index is 0.0589. The minimum Gasteiger partial charge on any atom is -0.355 e. The summed E-state index contributed by atoms with van der Waals surface area (Å²) in [6.45, 7) is 3.76. The second kappa shape index (κ2) is 6.21. The van der Waals surface area contributed by atoms with Crippen molar-refractivity contribution in [3.8, 4) is 0 Å². The van der Waals surface area contributed by atoms with Crippen molar-refractivity contribution in [2.75, 3.05) is 26.7 Å². The molecule has 4 nitrogen and oxygen atoms in total. The second-order valence-electron chi connectivity index (χ2n) is 4.80. The molecule has 0 radical (unpaired) electrons. The summed E-state index contributed by atoms with van der Waals surface area (Å²) in [6.07, 6.45) is 6.02. The van der Waals surface area contributed by atoms with Crippen molar-refractivity contribution in [2.24, 2.45) is 5.73 Å². The van der Waals surface area contributed by atoms with Crippen molar-refractivity contribution in [1.82, 2.24) is 10.2 Å². The quantitative estimate of drug-likeness (QED) is 0.727. The fraction of sp³-hybridized carbons (Fsp3) is 0.917. The van der Waals surface area contributed by atoms with E-state index in [1.165, 1.54) is 19.3 Å². The zero-order valence-electron chi connectivity index (χ0n) is 10.6. The van der Waals surface area contributed by atoms with E-state index in [0.29, 0.717) is 19.6 Å². The Morgan fingerprint density at radius 3 is 2.50 bits per heavy atom. The van der Waals surface area contributed by atoms with Crippen molar-refractivity contribution < 1.29 is 4.79 Å². The maximum Gasteiger partial charge on any atom is 0.234 e. The average Bonchev–Trinajstić information content (AvgIpc) is 2.30. The lowest BCUT2D eigenvalue weighted by molar-refractivity contribution is -0.123. The standard InChI is InChI=1S/C12H25N3O/c1-3-14-11(16)9-15(2)12(10-13)7-5-4-6-8-12/h3-10,13H2,1-2H3,(H,14,16). The van der Waals surface area contributed by atoms with Gasteiger partial charge in [-0.3, -0.25) is 9.69 Å². The van der Waals surface area contributed by atoms with E-state index in [0.717, 1.165) is 12.8 Å². The summed E-state index contributed by atoms with van der Waals surface area (Å²) in [6, 6.07) is 0. The van der Waals surface area contributed by atoms with E-state index in [2.05, 4.69) is 10.2 Å². The highest BCUT2D eigenvalue weighted by Crippen LogP contribution is 2.31. The number of rotatable bonds is 5. The Kier molecular flexibility index (Phi) is 5.22. The van der Waals surface area contributed by atoms with Gasteiger partial charge in [-0.2, -0.15) is 0 Å². The maximum absolute atomic E-state index is 11.6. The van der Waals surface area contributed by atoms with Crippen LogP contribution in [0.4, 0.5) is 0 Å². The Morgan fingerprint density at radius 1 is 1.38 bits per heavy atom. The lowest BCUT2D eigenvalue weighted by Gasteiger charge is -2.43. The molecule has 0 unspecified atom stereocenters. The molecule has 1 aliphatic rings. The van der Waals surface area contributed by atoms with Gasteiger partial charge in [0.1, 0.15) is 0 Å². The zero-order chi connectivity index (χ0) is 12.0. The first-order valence-corrected chi connectivity index (χ1v) is 6.32. The van der Waals surface area contributed by atoms with Gasteiger partial charge in [-0.15, -0.1) is 0 Å². The van der Waals surface area contributed by atoms with Gasteiger partial charge in [-0.1, -0.05) is 19.3 Å². The van der Waals surface area contributed by atoms with Crippen LogP contribution in [-0.2, 0) is 4.79 Å². The third kappa shape index (κ3) is 3.19. The van der Waals surface area contributed by atoms with Gasteiger partial charge in [0.05, 0.1) is 6.54 Å². The Morgan fingerprint density at radius 2 is 2.00 bits per heavy atom. The van der Waals surface area contributed by atoms with Crippen molar-refractivity contribution in [3.05, 3.63) is 0 Å². The number of hydrogen-bond donors (Lipinski definition) is 2. The normalized spacial score (nSPS) is 19.8. The number of amides is 1. The molecule has 1 fully saturated rings. The van der Waals surface area contributed by atoms with Gasteiger partial charge in [0.2, 0.25) is 5.91 Å². The molecule has 1 rings (SSSR count). The molecule has 0 aromatic carbocycles. The van der Waals surface area contributed by atoms with E-state index in [-0.39, 0.29) is 11.4 Å². The fourth-order valence-corrected chi connectivity index (χ4v) is 2.59. The topological polar surface area (TPSA) is 58.4 Å². The largest absolute Gasteiger partial charge is 0.355 e. The van der Waals surface area contributed by atoms with Crippen molar-refractivity contribution in [3.63, 3.8) is 0 Å². The second-order valence-corrected chi connectivity index (χ2v) is 4.80. The molecule has 0 aliphatic heterocycles. The van der Waals surface area contributed by atoms with E-state index < -0.39 is 0 Å². The van der Waals surface area contributed by atoms with Gasteiger partial charge in [0.25, 0.3) is 0 Å². The summed E-state index contributed by atoms with van der Waals surface area (Å²) in [5.41, 5.74) is 5.97. The molecular weight excluding hydrogens is 202 g/mol. The van der Waals surface area contributed by atoms with Crippen LogP contribution in [0.3, 0.4) is 0 Å². The van der Waals surface area contributed by atoms with E-state index in [1.807, 2.05) is 14.0 Å². The highest BCUT2D eigenvalue weighted by atomic mass is 16.2. The number of carbonyl (C=O) groups is 1. The summed E-state index contributed by atoms with van der Waals surface area (Å²) in [5, 5.41) is 2.84. The molecule has 94 valence electrons. The molecule has 4 heteroatoms. The summed E-state index contributed by atoms with van der Waals surface area (Å²) in [7, 11) is 2.02. The lowest BCUT2D eigenvalue weighted by atomic mass is 9.80. The first kappa shape index (κ1) is 13.5. The summed E-state index contributed by atoms with van der Waals surface area (Å²) >= 11 is 0. The van der Waals surface area contributed by atoms with Crippen molar-refractivity contribution >= 4 is 5.91 Å². The Hall–Kier alpha value is -0.610. The predicted molar refractivity (Wildman–Crippen MR) is 66.2 cm³/mol. The fourth-order valence-electron chi connectivity index (χ4n) is 2.59. The van der Waals surface area contributed by atoms with Gasteiger partial charge in [0.15, 0.2) is 0 Å². The summed E-state index contributed by atoms with van der Waals surface area (Å²) in [5.74, 6) is 0.100. The van der Waals surface area contributed by atoms with Crippen LogP contribution in [-0.4, -0.2) is 43.0 Å². The van der Waals surface area contributed by atoms with Crippen LogP contribution < -0.4 is 11.1 Å². The molecule has 0 spiro atoms. The maximum atomic E-state index is 11.6. The van der Waals surface area contributed by atoms with Crippen LogP contribution >= 0.6 is 0 Å². The van der Waals surface area contributed by atoms with Gasteiger partial charge < -0.3 is 11.1 Å². The number of hydrogen-bond acceptors (Lipinski definition) is 3. The van der Waals surface area contributed by atoms with Gasteiger partial charge in [-0.05, 0) is 26.8 Å². The van der Waals surface area contributed by atoms with Gasteiger partial charge in [0, 0.05) is 18.6 Å². The van der Waals surface area contributed by atoms with Crippen LogP contribution in [0.2, 0.25) is 0 Å². The molecule has 0 saturated heterocycles. The van der Waals surface area contributed by atoms with Gasteiger partial charge >= 0.3 is 0 Å². The van der Waals surface area contributed by atoms with Crippen LogP contribution in [0.25, 0.3) is 0 Å². The molecule has 0 heterocycles. The van der Waals surface area contributed by atoms with Crippen LogP contribution in [0.1, 0.15) is 39.0 Å². The third-order valence-electron chi connectivity index (χ3n) is 3.73. The Bertz CT molecular complexity index is 224. The number of likely N-dealkylation sites (N-methyl/N-ethyl adjacent to an activating group) is 2. The molecule has 1 saturated carbocycles. The highest BCUT2D eigenvalue weighted by Gasteiger charge is 2.35. The Labute approximate surface area is 98.6 Å². The number of carbonyl (C=O) groups excluding carboxylic acids is 1.